The van der Waals surface area contributed by atoms with E-state index in [4.69, 9.17) is 5.73 Å². The van der Waals surface area contributed by atoms with Gasteiger partial charge in [0.05, 0.1) is 12.1 Å². The molecular formula is C14H21FN2O. The number of benzene rings is 1. The number of carbonyl (C=O) groups excluding carboxylic acids is 1. The van der Waals surface area contributed by atoms with E-state index in [1.54, 1.807) is 12.1 Å². The van der Waals surface area contributed by atoms with Crippen molar-refractivity contribution in [3.8, 4) is 0 Å². The first-order valence-corrected chi connectivity index (χ1v) is 6.36. The molecule has 4 heteroatoms. The molecule has 3 nitrogen and oxygen atoms in total. The zero-order valence-corrected chi connectivity index (χ0v) is 10.9. The maximum Gasteiger partial charge on any atom is 0.237 e. The smallest absolute Gasteiger partial charge is 0.237 e. The fraction of sp³-hybridized carbons (Fsp3) is 0.500. The Bertz CT molecular complexity index is 378. The predicted molar refractivity (Wildman–Crippen MR) is 70.5 cm³/mol. The highest BCUT2D eigenvalue weighted by atomic mass is 19.1. The number of nitrogens with two attached hydrogens (primary N) is 1. The summed E-state index contributed by atoms with van der Waals surface area (Å²) < 4.78 is 12.8. The van der Waals surface area contributed by atoms with Gasteiger partial charge in [-0.25, -0.2) is 4.39 Å². The van der Waals surface area contributed by atoms with Crippen molar-refractivity contribution in [2.24, 2.45) is 5.73 Å². The summed E-state index contributed by atoms with van der Waals surface area (Å²) in [4.78, 5) is 11.8. The lowest BCUT2D eigenvalue weighted by Gasteiger charge is -2.17. The van der Waals surface area contributed by atoms with Gasteiger partial charge in [-0.2, -0.15) is 0 Å². The summed E-state index contributed by atoms with van der Waals surface area (Å²) in [7, 11) is 0. The second-order valence-electron chi connectivity index (χ2n) is 4.53. The highest BCUT2D eigenvalue weighted by molar-refractivity contribution is 5.81. The van der Waals surface area contributed by atoms with Crippen LogP contribution < -0.4 is 11.1 Å². The van der Waals surface area contributed by atoms with Gasteiger partial charge in [0.15, 0.2) is 0 Å². The maximum absolute atomic E-state index is 12.8. The molecule has 0 radical (unpaired) electrons. The lowest BCUT2D eigenvalue weighted by atomic mass is 10.1. The fourth-order valence-corrected chi connectivity index (χ4v) is 1.71. The number of nitrogens with one attached hydrogen (secondary N) is 1. The number of hydrogen-bond donors (Lipinski definition) is 2. The molecule has 1 rings (SSSR count). The van der Waals surface area contributed by atoms with Crippen LogP contribution in [0, 0.1) is 5.82 Å². The van der Waals surface area contributed by atoms with Gasteiger partial charge in [-0.3, -0.25) is 4.79 Å². The molecule has 18 heavy (non-hydrogen) atoms. The Morgan fingerprint density at radius 1 is 1.39 bits per heavy atom. The standard InChI is InChI=1S/C14H21FN2O/c1-3-4-5-13(16)14(18)17-10(2)11-6-8-12(15)9-7-11/h6-10,13H,3-5,16H2,1-2H3,(H,17,18)/t10-,13?/m0/s1. The lowest BCUT2D eigenvalue weighted by Crippen LogP contribution is -2.41. The van der Waals surface area contributed by atoms with E-state index in [0.717, 1.165) is 18.4 Å². The van der Waals surface area contributed by atoms with Crippen molar-refractivity contribution < 1.29 is 9.18 Å². The van der Waals surface area contributed by atoms with Crippen molar-refractivity contribution in [1.29, 1.82) is 0 Å². The zero-order valence-electron chi connectivity index (χ0n) is 10.9. The van der Waals surface area contributed by atoms with E-state index in [0.29, 0.717) is 6.42 Å². The highest BCUT2D eigenvalue weighted by Crippen LogP contribution is 2.13. The first kappa shape index (κ1) is 14.6. The average Bonchev–Trinajstić information content (AvgIpc) is 2.36. The highest BCUT2D eigenvalue weighted by Gasteiger charge is 2.15. The number of rotatable bonds is 6. The van der Waals surface area contributed by atoms with E-state index in [1.807, 2.05) is 6.92 Å². The van der Waals surface area contributed by atoms with Crippen LogP contribution in [0.3, 0.4) is 0 Å². The first-order chi connectivity index (χ1) is 8.54. The third kappa shape index (κ3) is 4.45. The minimum absolute atomic E-state index is 0.153. The first-order valence-electron chi connectivity index (χ1n) is 6.36. The zero-order chi connectivity index (χ0) is 13.5. The second kappa shape index (κ2) is 7.11. The Morgan fingerprint density at radius 2 is 2.00 bits per heavy atom. The largest absolute Gasteiger partial charge is 0.348 e. The van der Waals surface area contributed by atoms with Crippen LogP contribution in [-0.4, -0.2) is 11.9 Å². The third-order valence-corrected chi connectivity index (χ3v) is 2.93. The van der Waals surface area contributed by atoms with Gasteiger partial charge in [-0.05, 0) is 31.0 Å². The van der Waals surface area contributed by atoms with E-state index in [2.05, 4.69) is 12.2 Å². The van der Waals surface area contributed by atoms with Crippen LogP contribution >= 0.6 is 0 Å². The van der Waals surface area contributed by atoms with E-state index in [-0.39, 0.29) is 17.8 Å². The van der Waals surface area contributed by atoms with E-state index in [1.165, 1.54) is 12.1 Å². The van der Waals surface area contributed by atoms with Crippen molar-refractivity contribution in [3.63, 3.8) is 0 Å². The second-order valence-corrected chi connectivity index (χ2v) is 4.53. The van der Waals surface area contributed by atoms with Gasteiger partial charge in [0, 0.05) is 0 Å². The molecule has 0 aliphatic carbocycles. The molecule has 0 spiro atoms. The van der Waals surface area contributed by atoms with Gasteiger partial charge >= 0.3 is 0 Å². The quantitative estimate of drug-likeness (QED) is 0.817. The van der Waals surface area contributed by atoms with Gasteiger partial charge in [-0.1, -0.05) is 31.9 Å². The van der Waals surface area contributed by atoms with Crippen molar-refractivity contribution in [3.05, 3.63) is 35.6 Å². The van der Waals surface area contributed by atoms with Gasteiger partial charge in [-0.15, -0.1) is 0 Å². The summed E-state index contributed by atoms with van der Waals surface area (Å²) in [6, 6.07) is 5.47. The molecule has 1 aromatic rings. The van der Waals surface area contributed by atoms with Gasteiger partial charge in [0.2, 0.25) is 5.91 Å². The number of carbonyl (C=O) groups is 1. The van der Waals surface area contributed by atoms with Crippen molar-refractivity contribution in [2.75, 3.05) is 0 Å². The van der Waals surface area contributed by atoms with Crippen LogP contribution in [0.4, 0.5) is 4.39 Å². The molecular weight excluding hydrogens is 231 g/mol. The van der Waals surface area contributed by atoms with E-state index < -0.39 is 6.04 Å². The molecule has 0 aliphatic heterocycles. The molecule has 1 unspecified atom stereocenters. The molecule has 100 valence electrons. The maximum atomic E-state index is 12.8. The molecule has 0 saturated carbocycles. The van der Waals surface area contributed by atoms with Crippen LogP contribution in [0.15, 0.2) is 24.3 Å². The third-order valence-electron chi connectivity index (χ3n) is 2.93. The Balaban J connectivity index is 2.51. The Hall–Kier alpha value is -1.42. The van der Waals surface area contributed by atoms with Gasteiger partial charge in [0.25, 0.3) is 0 Å². The van der Waals surface area contributed by atoms with Gasteiger partial charge < -0.3 is 11.1 Å². The molecule has 1 aromatic carbocycles. The summed E-state index contributed by atoms with van der Waals surface area (Å²) >= 11 is 0. The summed E-state index contributed by atoms with van der Waals surface area (Å²) in [6.45, 7) is 3.92. The fourth-order valence-electron chi connectivity index (χ4n) is 1.71. The molecule has 0 fully saturated rings. The molecule has 2 atom stereocenters. The van der Waals surface area contributed by atoms with Crippen LogP contribution in [0.25, 0.3) is 0 Å². The van der Waals surface area contributed by atoms with Crippen LogP contribution in [0.1, 0.15) is 44.7 Å². The van der Waals surface area contributed by atoms with Crippen LogP contribution in [0.2, 0.25) is 0 Å². The minimum atomic E-state index is -0.465. The van der Waals surface area contributed by atoms with E-state index >= 15 is 0 Å². The van der Waals surface area contributed by atoms with Crippen LogP contribution in [0.5, 0.6) is 0 Å². The number of unbranched alkanes of at least 4 members (excludes halogenated alkanes) is 1. The summed E-state index contributed by atoms with van der Waals surface area (Å²) in [5, 5.41) is 2.84. The Labute approximate surface area is 108 Å². The SMILES string of the molecule is CCCCC(N)C(=O)N[C@@H](C)c1ccc(F)cc1. The predicted octanol–water partition coefficient (Wildman–Crippen LogP) is 2.52. The Kier molecular flexibility index (Phi) is 5.78. The average molecular weight is 252 g/mol. The number of hydrogen-bond acceptors (Lipinski definition) is 2. The lowest BCUT2D eigenvalue weighted by molar-refractivity contribution is -0.123. The van der Waals surface area contributed by atoms with E-state index in [9.17, 15) is 9.18 Å². The molecule has 0 aromatic heterocycles. The van der Waals surface area contributed by atoms with Crippen molar-refractivity contribution >= 4 is 5.91 Å². The minimum Gasteiger partial charge on any atom is -0.348 e. The van der Waals surface area contributed by atoms with Crippen molar-refractivity contribution in [2.45, 2.75) is 45.2 Å². The van der Waals surface area contributed by atoms with Crippen LogP contribution in [-0.2, 0) is 4.79 Å². The molecule has 1 amide bonds. The molecule has 0 bridgehead atoms. The number of amides is 1. The molecule has 0 heterocycles. The number of halogens is 1. The molecule has 3 N–H and O–H groups in total. The topological polar surface area (TPSA) is 55.1 Å². The Morgan fingerprint density at radius 3 is 2.56 bits per heavy atom. The molecule has 0 aliphatic rings. The summed E-state index contributed by atoms with van der Waals surface area (Å²) in [5.74, 6) is -0.433. The van der Waals surface area contributed by atoms with Gasteiger partial charge in [0.1, 0.15) is 5.82 Å². The van der Waals surface area contributed by atoms with Crippen molar-refractivity contribution in [1.82, 2.24) is 5.32 Å². The monoisotopic (exact) mass is 252 g/mol. The summed E-state index contributed by atoms with van der Waals surface area (Å²) in [5.41, 5.74) is 6.65. The molecule has 0 saturated heterocycles. The summed E-state index contributed by atoms with van der Waals surface area (Å²) in [6.07, 6.45) is 2.66. The normalized spacial score (nSPS) is 14.0.